The first-order chi connectivity index (χ1) is 26.2. The largest absolute Gasteiger partial charge is 0.397 e. The second-order valence-electron chi connectivity index (χ2n) is 15.9. The average Bonchev–Trinajstić information content (AvgIpc) is 3.57. The van der Waals surface area contributed by atoms with Crippen LogP contribution >= 0.6 is 0 Å². The molecule has 3 N–H and O–H groups in total. The Morgan fingerprint density at radius 2 is 0.833 bits per heavy atom. The SMILES string of the molecule is CCCCCCCCCCCCCCCCS(=O)(=O)c1ccc2[nH]c(-c3ccccc3)c(S(=O)(=O)CCCCCCCCCCCCCCCC)c2c1N. The molecule has 1 aromatic heterocycles. The average molecular weight is 785 g/mol. The van der Waals surface area contributed by atoms with Crippen LogP contribution < -0.4 is 5.73 Å². The summed E-state index contributed by atoms with van der Waals surface area (Å²) in [4.78, 5) is 3.47. The van der Waals surface area contributed by atoms with Crippen molar-refractivity contribution in [1.29, 1.82) is 0 Å². The number of unbranched alkanes of at least 4 members (excludes halogenated alkanes) is 26. The van der Waals surface area contributed by atoms with E-state index in [9.17, 15) is 16.8 Å². The fourth-order valence-electron chi connectivity index (χ4n) is 7.84. The van der Waals surface area contributed by atoms with Gasteiger partial charge >= 0.3 is 0 Å². The molecule has 0 fully saturated rings. The molecule has 0 radical (unpaired) electrons. The molecule has 0 saturated heterocycles. The van der Waals surface area contributed by atoms with Crippen molar-refractivity contribution in [3.05, 3.63) is 42.5 Å². The van der Waals surface area contributed by atoms with Crippen LogP contribution in [0.4, 0.5) is 5.69 Å². The first kappa shape index (κ1) is 46.1. The van der Waals surface area contributed by atoms with E-state index in [-0.39, 0.29) is 27.0 Å². The van der Waals surface area contributed by atoms with E-state index >= 15 is 0 Å². The molecule has 0 aliphatic heterocycles. The lowest BCUT2D eigenvalue weighted by molar-refractivity contribution is 0.537. The summed E-state index contributed by atoms with van der Waals surface area (Å²) < 4.78 is 55.5. The molecule has 0 spiro atoms. The van der Waals surface area contributed by atoms with Crippen LogP contribution in [0, 0.1) is 0 Å². The molecule has 1 heterocycles. The lowest BCUT2D eigenvalue weighted by Gasteiger charge is -2.11. The number of benzene rings is 2. The molecule has 0 aliphatic rings. The third-order valence-electron chi connectivity index (χ3n) is 11.2. The van der Waals surface area contributed by atoms with E-state index in [2.05, 4.69) is 18.8 Å². The van der Waals surface area contributed by atoms with Crippen LogP contribution in [0.5, 0.6) is 0 Å². The molecule has 54 heavy (non-hydrogen) atoms. The van der Waals surface area contributed by atoms with E-state index in [0.29, 0.717) is 29.4 Å². The lowest BCUT2D eigenvalue weighted by atomic mass is 10.0. The molecule has 0 amide bonds. The van der Waals surface area contributed by atoms with E-state index < -0.39 is 19.7 Å². The number of hydrogen-bond acceptors (Lipinski definition) is 5. The van der Waals surface area contributed by atoms with Gasteiger partial charge in [0, 0.05) is 10.9 Å². The molecular formula is C46H76N2O4S2. The summed E-state index contributed by atoms with van der Waals surface area (Å²) in [6.45, 7) is 4.51. The van der Waals surface area contributed by atoms with Crippen molar-refractivity contribution in [1.82, 2.24) is 4.98 Å². The number of aromatic amines is 1. The monoisotopic (exact) mass is 785 g/mol. The van der Waals surface area contributed by atoms with Gasteiger partial charge in [-0.3, -0.25) is 0 Å². The number of aromatic nitrogens is 1. The molecule has 306 valence electrons. The highest BCUT2D eigenvalue weighted by atomic mass is 32.2. The van der Waals surface area contributed by atoms with Crippen LogP contribution in [-0.2, 0) is 19.7 Å². The number of hydrogen-bond donors (Lipinski definition) is 2. The Balaban J connectivity index is 1.53. The van der Waals surface area contributed by atoms with E-state index in [4.69, 9.17) is 5.73 Å². The van der Waals surface area contributed by atoms with E-state index in [1.807, 2.05) is 30.3 Å². The Hall–Kier alpha value is -2.32. The van der Waals surface area contributed by atoms with Crippen LogP contribution in [0.1, 0.15) is 194 Å². The Morgan fingerprint density at radius 3 is 1.24 bits per heavy atom. The number of nitrogens with one attached hydrogen (secondary N) is 1. The Labute approximate surface area is 331 Å². The number of sulfone groups is 2. The maximum absolute atomic E-state index is 14.1. The predicted octanol–water partition coefficient (Wildman–Crippen LogP) is 13.9. The van der Waals surface area contributed by atoms with Crippen LogP contribution in [-0.4, -0.2) is 33.3 Å². The molecule has 0 bridgehead atoms. The quantitative estimate of drug-likeness (QED) is 0.0472. The molecule has 0 atom stereocenters. The van der Waals surface area contributed by atoms with Gasteiger partial charge in [-0.1, -0.05) is 211 Å². The zero-order valence-electron chi connectivity index (χ0n) is 34.3. The molecule has 0 unspecified atom stereocenters. The van der Waals surface area contributed by atoms with Gasteiger partial charge in [0.15, 0.2) is 19.7 Å². The topological polar surface area (TPSA) is 110 Å². The second kappa shape index (κ2) is 26.5. The van der Waals surface area contributed by atoms with Crippen molar-refractivity contribution in [2.75, 3.05) is 17.2 Å². The minimum atomic E-state index is -3.77. The molecular weight excluding hydrogens is 709 g/mol. The number of anilines is 1. The van der Waals surface area contributed by atoms with Crippen LogP contribution in [0.15, 0.2) is 52.3 Å². The molecule has 6 nitrogen and oxygen atoms in total. The van der Waals surface area contributed by atoms with Gasteiger partial charge in [0.05, 0.1) is 27.8 Å². The maximum atomic E-state index is 14.1. The third-order valence-corrected chi connectivity index (χ3v) is 14.9. The molecule has 3 rings (SSSR count). The molecule has 0 aliphatic carbocycles. The maximum Gasteiger partial charge on any atom is 0.181 e. The van der Waals surface area contributed by atoms with Crippen molar-refractivity contribution in [3.8, 4) is 11.3 Å². The number of rotatable bonds is 33. The van der Waals surface area contributed by atoms with Gasteiger partial charge in [0.1, 0.15) is 4.90 Å². The van der Waals surface area contributed by atoms with Gasteiger partial charge in [-0.2, -0.15) is 0 Å². The normalized spacial score (nSPS) is 12.3. The fourth-order valence-corrected chi connectivity index (χ4v) is 11.2. The first-order valence-electron chi connectivity index (χ1n) is 22.2. The van der Waals surface area contributed by atoms with Gasteiger partial charge in [-0.05, 0) is 30.5 Å². The van der Waals surface area contributed by atoms with Crippen LogP contribution in [0.2, 0.25) is 0 Å². The number of nitrogens with two attached hydrogens (primary N) is 1. The standard InChI is InChI=1S/C46H76N2O4S2/c1-3-5-7-9-11-13-15-17-19-21-23-25-27-32-38-53(49,50)42-37-36-41-43(44(42)47)46(45(48-41)40-34-30-29-31-35-40)54(51,52)39-33-28-26-24-22-20-18-16-14-12-10-8-6-4-2/h29-31,34-37,48H,3-28,32-33,38-39,47H2,1-2H3. The zero-order chi connectivity index (χ0) is 38.9. The summed E-state index contributed by atoms with van der Waals surface area (Å²) in [6, 6.07) is 12.6. The van der Waals surface area contributed by atoms with Crippen molar-refractivity contribution >= 4 is 36.3 Å². The Kier molecular flexibility index (Phi) is 22.6. The second-order valence-corrected chi connectivity index (χ2v) is 20.0. The van der Waals surface area contributed by atoms with Gasteiger partial charge in [-0.25, -0.2) is 16.8 Å². The zero-order valence-corrected chi connectivity index (χ0v) is 35.9. The van der Waals surface area contributed by atoms with Crippen molar-refractivity contribution < 1.29 is 16.8 Å². The van der Waals surface area contributed by atoms with Gasteiger partial charge in [-0.15, -0.1) is 0 Å². The number of fused-ring (bicyclic) bond motifs is 1. The van der Waals surface area contributed by atoms with Crippen molar-refractivity contribution in [3.63, 3.8) is 0 Å². The van der Waals surface area contributed by atoms with Crippen molar-refractivity contribution in [2.24, 2.45) is 0 Å². The van der Waals surface area contributed by atoms with Gasteiger partial charge in [0.25, 0.3) is 0 Å². The highest BCUT2D eigenvalue weighted by Gasteiger charge is 2.29. The number of nitrogen functional groups attached to an aromatic ring is 1. The molecule has 2 aromatic carbocycles. The van der Waals surface area contributed by atoms with Gasteiger partial charge < -0.3 is 10.7 Å². The van der Waals surface area contributed by atoms with Gasteiger partial charge in [0.2, 0.25) is 0 Å². The van der Waals surface area contributed by atoms with E-state index in [1.165, 1.54) is 128 Å². The van der Waals surface area contributed by atoms with E-state index in [0.717, 1.165) is 44.1 Å². The van der Waals surface area contributed by atoms with E-state index in [1.54, 1.807) is 12.1 Å². The molecule has 0 saturated carbocycles. The lowest BCUT2D eigenvalue weighted by Crippen LogP contribution is -2.12. The Morgan fingerprint density at radius 1 is 0.463 bits per heavy atom. The highest BCUT2D eigenvalue weighted by Crippen LogP contribution is 2.40. The summed E-state index contributed by atoms with van der Waals surface area (Å²) in [5.74, 6) is 0.0190. The summed E-state index contributed by atoms with van der Waals surface area (Å²) >= 11 is 0. The minimum Gasteiger partial charge on any atom is -0.397 e. The Bertz CT molecular complexity index is 1650. The third kappa shape index (κ3) is 16.4. The smallest absolute Gasteiger partial charge is 0.181 e. The summed E-state index contributed by atoms with van der Waals surface area (Å²) in [5.41, 5.74) is 8.45. The summed E-state index contributed by atoms with van der Waals surface area (Å²) in [6.07, 6.45) is 33.6. The highest BCUT2D eigenvalue weighted by molar-refractivity contribution is 7.92. The molecule has 8 heteroatoms. The van der Waals surface area contributed by atoms with Crippen molar-refractivity contribution in [2.45, 2.75) is 203 Å². The van der Waals surface area contributed by atoms with Crippen LogP contribution in [0.25, 0.3) is 22.2 Å². The minimum absolute atomic E-state index is 0.00723. The molecule has 3 aromatic rings. The number of H-pyrrole nitrogens is 1. The summed E-state index contributed by atoms with van der Waals surface area (Å²) in [5, 5.41) is 0.307. The predicted molar refractivity (Wildman–Crippen MR) is 233 cm³/mol. The fraction of sp³-hybridized carbons (Fsp3) is 0.696. The summed E-state index contributed by atoms with van der Waals surface area (Å²) in [7, 11) is -7.46. The first-order valence-corrected chi connectivity index (χ1v) is 25.5. The van der Waals surface area contributed by atoms with Crippen LogP contribution in [0.3, 0.4) is 0 Å².